The van der Waals surface area contributed by atoms with Crippen LogP contribution in [0, 0.1) is 0 Å². The van der Waals surface area contributed by atoms with Crippen molar-refractivity contribution >= 4 is 10.9 Å². The van der Waals surface area contributed by atoms with Gasteiger partial charge in [-0.2, -0.15) is 0 Å². The summed E-state index contributed by atoms with van der Waals surface area (Å²) in [4.78, 5) is 0. The van der Waals surface area contributed by atoms with Crippen molar-refractivity contribution in [1.29, 1.82) is 0 Å². The van der Waals surface area contributed by atoms with Gasteiger partial charge in [0.25, 0.3) is 0 Å². The van der Waals surface area contributed by atoms with Crippen LogP contribution in [0.2, 0.25) is 0 Å². The van der Waals surface area contributed by atoms with Crippen molar-refractivity contribution in [2.24, 2.45) is 5.73 Å². The number of nitrogens with zero attached hydrogens (tertiary/aromatic N) is 1. The number of hydrogen-bond donors (Lipinski definition) is 2. The van der Waals surface area contributed by atoms with Crippen molar-refractivity contribution in [3.05, 3.63) is 35.5 Å². The molecule has 3 heteroatoms. The van der Waals surface area contributed by atoms with Crippen LogP contribution in [-0.2, 0) is 19.6 Å². The van der Waals surface area contributed by atoms with Crippen molar-refractivity contribution < 1.29 is 0 Å². The molecule has 0 atom stereocenters. The van der Waals surface area contributed by atoms with Crippen LogP contribution in [0.1, 0.15) is 18.1 Å². The first-order valence-corrected chi connectivity index (χ1v) is 5.76. The molecule has 86 valence electrons. The molecule has 2 aromatic rings. The Morgan fingerprint density at radius 2 is 2.12 bits per heavy atom. The van der Waals surface area contributed by atoms with Crippen molar-refractivity contribution in [3.8, 4) is 0 Å². The fourth-order valence-electron chi connectivity index (χ4n) is 2.28. The summed E-state index contributed by atoms with van der Waals surface area (Å²) in [5.41, 5.74) is 9.65. The van der Waals surface area contributed by atoms with E-state index >= 15 is 0 Å². The number of aryl methyl sites for hydroxylation is 1. The zero-order valence-electron chi connectivity index (χ0n) is 9.96. The molecule has 1 heterocycles. The molecule has 0 saturated heterocycles. The minimum absolute atomic E-state index is 0.599. The largest absolute Gasteiger partial charge is 0.347 e. The predicted molar refractivity (Wildman–Crippen MR) is 68.3 cm³/mol. The second-order valence-corrected chi connectivity index (χ2v) is 3.99. The molecule has 3 N–H and O–H groups in total. The summed E-state index contributed by atoms with van der Waals surface area (Å²) in [6.45, 7) is 4.65. The van der Waals surface area contributed by atoms with E-state index in [0.717, 1.165) is 13.1 Å². The molecule has 0 radical (unpaired) electrons. The Morgan fingerprint density at radius 3 is 2.75 bits per heavy atom. The van der Waals surface area contributed by atoms with Crippen LogP contribution in [0.3, 0.4) is 0 Å². The van der Waals surface area contributed by atoms with Gasteiger partial charge in [0, 0.05) is 36.7 Å². The molecule has 0 saturated carbocycles. The quantitative estimate of drug-likeness (QED) is 0.820. The average Bonchev–Trinajstić information content (AvgIpc) is 2.68. The smallest absolute Gasteiger partial charge is 0.0486 e. The first-order chi connectivity index (χ1) is 7.81. The number of nitrogens with two attached hydrogens (primary N) is 1. The van der Waals surface area contributed by atoms with Gasteiger partial charge >= 0.3 is 0 Å². The van der Waals surface area contributed by atoms with E-state index in [4.69, 9.17) is 5.73 Å². The fourth-order valence-corrected chi connectivity index (χ4v) is 2.28. The first-order valence-electron chi connectivity index (χ1n) is 5.76. The molecule has 16 heavy (non-hydrogen) atoms. The van der Waals surface area contributed by atoms with E-state index in [1.165, 1.54) is 22.0 Å². The molecule has 2 rings (SSSR count). The van der Waals surface area contributed by atoms with Crippen LogP contribution in [0.15, 0.2) is 24.4 Å². The van der Waals surface area contributed by atoms with E-state index in [0.29, 0.717) is 6.54 Å². The highest BCUT2D eigenvalue weighted by Gasteiger charge is 2.09. The first kappa shape index (κ1) is 11.2. The van der Waals surface area contributed by atoms with Gasteiger partial charge in [0.1, 0.15) is 0 Å². The highest BCUT2D eigenvalue weighted by atomic mass is 15.0. The Hall–Kier alpha value is -1.32. The molecule has 0 bridgehead atoms. The van der Waals surface area contributed by atoms with Crippen molar-refractivity contribution in [3.63, 3.8) is 0 Å². The topological polar surface area (TPSA) is 43.0 Å². The van der Waals surface area contributed by atoms with Gasteiger partial charge in [0.2, 0.25) is 0 Å². The van der Waals surface area contributed by atoms with Crippen molar-refractivity contribution in [2.45, 2.75) is 26.6 Å². The van der Waals surface area contributed by atoms with Crippen LogP contribution in [0.4, 0.5) is 0 Å². The van der Waals surface area contributed by atoms with Gasteiger partial charge in [-0.3, -0.25) is 0 Å². The predicted octanol–water partition coefficient (Wildman–Crippen LogP) is 1.84. The van der Waals surface area contributed by atoms with Crippen LogP contribution < -0.4 is 11.1 Å². The SMILES string of the molecule is CCn1cc(CNC)c2c(CN)cccc21. The third kappa shape index (κ3) is 1.72. The molecule has 0 aliphatic carbocycles. The van der Waals surface area contributed by atoms with E-state index in [2.05, 4.69) is 41.2 Å². The van der Waals surface area contributed by atoms with Gasteiger partial charge in [-0.15, -0.1) is 0 Å². The van der Waals surface area contributed by atoms with Crippen LogP contribution >= 0.6 is 0 Å². The maximum Gasteiger partial charge on any atom is 0.0486 e. The molecular weight excluding hydrogens is 198 g/mol. The summed E-state index contributed by atoms with van der Waals surface area (Å²) in [6, 6.07) is 6.36. The highest BCUT2D eigenvalue weighted by molar-refractivity contribution is 5.87. The minimum atomic E-state index is 0.599. The summed E-state index contributed by atoms with van der Waals surface area (Å²) >= 11 is 0. The number of rotatable bonds is 4. The molecular formula is C13H19N3. The van der Waals surface area contributed by atoms with Crippen LogP contribution in [-0.4, -0.2) is 11.6 Å². The lowest BCUT2D eigenvalue weighted by Crippen LogP contribution is -2.05. The Bertz CT molecular complexity index is 485. The summed E-state index contributed by atoms with van der Waals surface area (Å²) in [5, 5.41) is 4.53. The van der Waals surface area contributed by atoms with Gasteiger partial charge < -0.3 is 15.6 Å². The maximum absolute atomic E-state index is 5.80. The molecule has 1 aromatic carbocycles. The Morgan fingerprint density at radius 1 is 1.31 bits per heavy atom. The number of nitrogens with one attached hydrogen (secondary N) is 1. The summed E-state index contributed by atoms with van der Waals surface area (Å²) in [7, 11) is 1.97. The summed E-state index contributed by atoms with van der Waals surface area (Å²) < 4.78 is 2.28. The normalized spacial score (nSPS) is 11.2. The van der Waals surface area contributed by atoms with Gasteiger partial charge in [0.05, 0.1) is 0 Å². The molecule has 1 aromatic heterocycles. The third-order valence-corrected chi connectivity index (χ3v) is 3.00. The van der Waals surface area contributed by atoms with Crippen LogP contribution in [0.25, 0.3) is 10.9 Å². The van der Waals surface area contributed by atoms with E-state index in [1.807, 2.05) is 7.05 Å². The van der Waals surface area contributed by atoms with Crippen molar-refractivity contribution in [2.75, 3.05) is 7.05 Å². The lowest BCUT2D eigenvalue weighted by molar-refractivity contribution is 0.775. The lowest BCUT2D eigenvalue weighted by Gasteiger charge is -2.04. The monoisotopic (exact) mass is 217 g/mol. The Labute approximate surface area is 96.2 Å². The molecule has 0 aliphatic rings. The number of aromatic nitrogens is 1. The molecule has 0 fully saturated rings. The molecule has 0 aliphatic heterocycles. The average molecular weight is 217 g/mol. The molecule has 3 nitrogen and oxygen atoms in total. The van der Waals surface area contributed by atoms with Crippen LogP contribution in [0.5, 0.6) is 0 Å². The van der Waals surface area contributed by atoms with E-state index in [-0.39, 0.29) is 0 Å². The van der Waals surface area contributed by atoms with Gasteiger partial charge in [-0.1, -0.05) is 12.1 Å². The van der Waals surface area contributed by atoms with Gasteiger partial charge in [0.15, 0.2) is 0 Å². The second kappa shape index (κ2) is 4.68. The van der Waals surface area contributed by atoms with Gasteiger partial charge in [-0.05, 0) is 31.2 Å². The molecule has 0 amide bonds. The van der Waals surface area contributed by atoms with Gasteiger partial charge in [-0.25, -0.2) is 0 Å². The second-order valence-electron chi connectivity index (χ2n) is 3.99. The number of benzene rings is 1. The van der Waals surface area contributed by atoms with E-state index < -0.39 is 0 Å². The third-order valence-electron chi connectivity index (χ3n) is 3.00. The molecule has 0 spiro atoms. The Balaban J connectivity index is 2.69. The van der Waals surface area contributed by atoms with E-state index in [1.54, 1.807) is 0 Å². The number of hydrogen-bond acceptors (Lipinski definition) is 2. The highest BCUT2D eigenvalue weighted by Crippen LogP contribution is 2.25. The fraction of sp³-hybridized carbons (Fsp3) is 0.385. The summed E-state index contributed by atoms with van der Waals surface area (Å²) in [6.07, 6.45) is 2.22. The zero-order chi connectivity index (χ0) is 11.5. The maximum atomic E-state index is 5.80. The minimum Gasteiger partial charge on any atom is -0.347 e. The van der Waals surface area contributed by atoms with E-state index in [9.17, 15) is 0 Å². The van der Waals surface area contributed by atoms with Crippen molar-refractivity contribution in [1.82, 2.24) is 9.88 Å². The lowest BCUT2D eigenvalue weighted by atomic mass is 10.1. The molecule has 0 unspecified atom stereocenters. The summed E-state index contributed by atoms with van der Waals surface area (Å²) in [5.74, 6) is 0. The standard InChI is InChI=1S/C13H19N3/c1-3-16-9-11(8-15-2)13-10(7-14)5-4-6-12(13)16/h4-6,9,15H,3,7-8,14H2,1-2H3. The number of fused-ring (bicyclic) bond motifs is 1. The zero-order valence-corrected chi connectivity index (χ0v) is 9.96. The Kier molecular flexibility index (Phi) is 3.27.